The molecule has 0 aromatic heterocycles. The molecule has 2 bridgehead atoms. The zero-order valence-corrected chi connectivity index (χ0v) is 11.1. The summed E-state index contributed by atoms with van der Waals surface area (Å²) in [5, 5.41) is 3.12. The molecule has 2 nitrogen and oxygen atoms in total. The second-order valence-corrected chi connectivity index (χ2v) is 6.43. The number of unbranched alkanes of at least 4 members (excludes halogenated alkanes) is 2. The summed E-state index contributed by atoms with van der Waals surface area (Å²) in [7, 11) is 0. The minimum atomic E-state index is 0.350. The lowest BCUT2D eigenvalue weighted by Crippen LogP contribution is -2.28. The molecule has 1 amide bonds. The van der Waals surface area contributed by atoms with Crippen molar-refractivity contribution in [1.82, 2.24) is 5.32 Å². The predicted octanol–water partition coefficient (Wildman–Crippen LogP) is 2.80. The summed E-state index contributed by atoms with van der Waals surface area (Å²) in [6.45, 7) is 0.848. The van der Waals surface area contributed by atoms with Gasteiger partial charge in [-0.2, -0.15) is 0 Å². The van der Waals surface area contributed by atoms with Gasteiger partial charge in [-0.05, 0) is 55.8 Å². The van der Waals surface area contributed by atoms with Crippen molar-refractivity contribution in [3.8, 4) is 0 Å². The highest BCUT2D eigenvalue weighted by molar-refractivity contribution is 6.17. The molecule has 0 aromatic rings. The van der Waals surface area contributed by atoms with Crippen LogP contribution in [-0.4, -0.2) is 18.3 Å². The molecule has 0 heterocycles. The molecule has 1 N–H and O–H groups in total. The number of nitrogens with one attached hydrogen (secondary N) is 1. The molecule has 0 spiro atoms. The fourth-order valence-electron chi connectivity index (χ4n) is 4.40. The number of carbonyl (C=O) groups is 1. The average molecular weight is 256 g/mol. The maximum atomic E-state index is 12.0. The first kappa shape index (κ1) is 11.8. The molecule has 0 aliphatic heterocycles. The Morgan fingerprint density at radius 2 is 1.82 bits per heavy atom. The van der Waals surface area contributed by atoms with Gasteiger partial charge in [0.15, 0.2) is 0 Å². The van der Waals surface area contributed by atoms with Gasteiger partial charge in [-0.1, -0.05) is 6.42 Å². The van der Waals surface area contributed by atoms with Gasteiger partial charge >= 0.3 is 0 Å². The Kier molecular flexibility index (Phi) is 3.34. The van der Waals surface area contributed by atoms with E-state index >= 15 is 0 Å². The van der Waals surface area contributed by atoms with Gasteiger partial charge < -0.3 is 5.32 Å². The van der Waals surface area contributed by atoms with Gasteiger partial charge in [0.05, 0.1) is 0 Å². The van der Waals surface area contributed by atoms with Gasteiger partial charge in [0, 0.05) is 18.3 Å². The van der Waals surface area contributed by atoms with Gasteiger partial charge in [-0.3, -0.25) is 4.79 Å². The van der Waals surface area contributed by atoms with Gasteiger partial charge in [-0.25, -0.2) is 0 Å². The number of carbonyl (C=O) groups excluding carboxylic acids is 1. The Morgan fingerprint density at radius 3 is 2.47 bits per heavy atom. The predicted molar refractivity (Wildman–Crippen MR) is 68.9 cm³/mol. The normalized spacial score (nSPS) is 41.4. The van der Waals surface area contributed by atoms with Crippen molar-refractivity contribution in [3.63, 3.8) is 0 Å². The maximum Gasteiger partial charge on any atom is 0.223 e. The van der Waals surface area contributed by atoms with Crippen molar-refractivity contribution >= 4 is 17.5 Å². The number of hydrogen-bond acceptors (Lipinski definition) is 1. The molecule has 4 unspecified atom stereocenters. The minimum Gasteiger partial charge on any atom is -0.356 e. The van der Waals surface area contributed by atoms with Crippen molar-refractivity contribution < 1.29 is 4.79 Å². The number of fused-ring (bicyclic) bond motifs is 5. The topological polar surface area (TPSA) is 29.1 Å². The van der Waals surface area contributed by atoms with Crippen LogP contribution in [0.3, 0.4) is 0 Å². The highest BCUT2D eigenvalue weighted by Gasteiger charge is 2.67. The summed E-state index contributed by atoms with van der Waals surface area (Å²) < 4.78 is 0. The van der Waals surface area contributed by atoms with Crippen LogP contribution in [0.2, 0.25) is 0 Å². The van der Waals surface area contributed by atoms with E-state index in [0.29, 0.717) is 11.8 Å². The lowest BCUT2D eigenvalue weighted by Gasteiger charge is -2.09. The molecule has 3 heteroatoms. The van der Waals surface area contributed by atoms with Crippen molar-refractivity contribution in [2.75, 3.05) is 12.4 Å². The molecular formula is C14H22ClNO. The summed E-state index contributed by atoms with van der Waals surface area (Å²) in [4.78, 5) is 12.0. The van der Waals surface area contributed by atoms with Crippen LogP contribution in [0, 0.1) is 29.6 Å². The first-order valence-corrected chi connectivity index (χ1v) is 7.70. The van der Waals surface area contributed by atoms with E-state index in [1.54, 1.807) is 0 Å². The third kappa shape index (κ3) is 2.09. The van der Waals surface area contributed by atoms with Crippen molar-refractivity contribution in [2.24, 2.45) is 29.6 Å². The monoisotopic (exact) mass is 255 g/mol. The lowest BCUT2D eigenvalue weighted by atomic mass is 10.0. The maximum absolute atomic E-state index is 12.0. The zero-order valence-electron chi connectivity index (χ0n) is 10.3. The zero-order chi connectivity index (χ0) is 11.8. The molecule has 0 radical (unpaired) electrons. The van der Waals surface area contributed by atoms with Crippen LogP contribution in [0.1, 0.15) is 38.5 Å². The SMILES string of the molecule is O=C(NCCCCCCl)C1C2C3CCC(C3)C12. The minimum absolute atomic E-state index is 0.350. The third-order valence-electron chi connectivity index (χ3n) is 5.15. The number of hydrogen-bond donors (Lipinski definition) is 1. The Balaban J connectivity index is 1.38. The molecule has 3 fully saturated rings. The number of alkyl halides is 1. The van der Waals surface area contributed by atoms with Crippen LogP contribution in [0.4, 0.5) is 0 Å². The van der Waals surface area contributed by atoms with E-state index in [2.05, 4.69) is 5.32 Å². The fraction of sp³-hybridized carbons (Fsp3) is 0.929. The van der Waals surface area contributed by atoms with Crippen LogP contribution < -0.4 is 5.32 Å². The smallest absolute Gasteiger partial charge is 0.223 e. The Bertz CT molecular complexity index is 291. The molecule has 4 atom stereocenters. The van der Waals surface area contributed by atoms with Gasteiger partial charge in [0.1, 0.15) is 0 Å². The number of halogens is 1. The van der Waals surface area contributed by atoms with E-state index in [9.17, 15) is 4.79 Å². The van der Waals surface area contributed by atoms with Crippen LogP contribution in [0.25, 0.3) is 0 Å². The molecular weight excluding hydrogens is 234 g/mol. The summed E-state index contributed by atoms with van der Waals surface area (Å²) in [6, 6.07) is 0. The highest BCUT2D eigenvalue weighted by Crippen LogP contribution is 2.69. The number of rotatable bonds is 6. The Morgan fingerprint density at radius 1 is 1.12 bits per heavy atom. The molecule has 96 valence electrons. The van der Waals surface area contributed by atoms with E-state index in [1.165, 1.54) is 19.3 Å². The standard InChI is InChI=1S/C14H22ClNO/c15-6-2-1-3-7-16-14(17)13-11-9-4-5-10(8-9)12(11)13/h9-13H,1-8H2,(H,16,17). The van der Waals surface area contributed by atoms with E-state index in [0.717, 1.165) is 55.4 Å². The summed E-state index contributed by atoms with van der Waals surface area (Å²) >= 11 is 5.62. The second-order valence-electron chi connectivity index (χ2n) is 6.05. The quantitative estimate of drug-likeness (QED) is 0.574. The van der Waals surface area contributed by atoms with Crippen LogP contribution in [-0.2, 0) is 4.79 Å². The summed E-state index contributed by atoms with van der Waals surface area (Å²) in [5.41, 5.74) is 0. The molecule has 0 aromatic carbocycles. The van der Waals surface area contributed by atoms with Crippen molar-refractivity contribution in [3.05, 3.63) is 0 Å². The Hall–Kier alpha value is -0.240. The molecule has 3 saturated carbocycles. The van der Waals surface area contributed by atoms with E-state index in [4.69, 9.17) is 11.6 Å². The third-order valence-corrected chi connectivity index (χ3v) is 5.41. The summed E-state index contributed by atoms with van der Waals surface area (Å²) in [6.07, 6.45) is 7.49. The van der Waals surface area contributed by atoms with Gasteiger partial charge in [-0.15, -0.1) is 11.6 Å². The van der Waals surface area contributed by atoms with Crippen molar-refractivity contribution in [2.45, 2.75) is 38.5 Å². The van der Waals surface area contributed by atoms with E-state index in [1.807, 2.05) is 0 Å². The van der Waals surface area contributed by atoms with Crippen LogP contribution in [0.5, 0.6) is 0 Å². The first-order valence-electron chi connectivity index (χ1n) is 7.16. The average Bonchev–Trinajstić information content (AvgIpc) is 2.78. The van der Waals surface area contributed by atoms with Gasteiger partial charge in [0.2, 0.25) is 5.91 Å². The molecule has 3 aliphatic rings. The molecule has 17 heavy (non-hydrogen) atoms. The molecule has 0 saturated heterocycles. The first-order chi connectivity index (χ1) is 8.33. The second kappa shape index (κ2) is 4.79. The highest BCUT2D eigenvalue weighted by atomic mass is 35.5. The Labute approximate surface area is 108 Å². The van der Waals surface area contributed by atoms with E-state index < -0.39 is 0 Å². The van der Waals surface area contributed by atoms with E-state index in [-0.39, 0.29) is 0 Å². The van der Waals surface area contributed by atoms with Gasteiger partial charge in [0.25, 0.3) is 0 Å². The molecule has 3 aliphatic carbocycles. The fourth-order valence-corrected chi connectivity index (χ4v) is 4.59. The largest absolute Gasteiger partial charge is 0.356 e. The van der Waals surface area contributed by atoms with Crippen LogP contribution >= 0.6 is 11.6 Å². The lowest BCUT2D eigenvalue weighted by molar-refractivity contribution is -0.123. The van der Waals surface area contributed by atoms with Crippen molar-refractivity contribution in [1.29, 1.82) is 0 Å². The number of amides is 1. The summed E-state index contributed by atoms with van der Waals surface area (Å²) in [5.74, 6) is 4.84. The van der Waals surface area contributed by atoms with Crippen LogP contribution in [0.15, 0.2) is 0 Å². The molecule has 3 rings (SSSR count).